The predicted molar refractivity (Wildman–Crippen MR) is 101 cm³/mol. The minimum Gasteiger partial charge on any atom is -0.376 e. The van der Waals surface area contributed by atoms with Gasteiger partial charge in [0.1, 0.15) is 0 Å². The van der Waals surface area contributed by atoms with Gasteiger partial charge in [0, 0.05) is 18.0 Å². The fourth-order valence-corrected chi connectivity index (χ4v) is 5.33. The Morgan fingerprint density at radius 2 is 2.35 bits per heavy atom. The molecule has 2 fully saturated rings. The minimum absolute atomic E-state index is 0.0575. The van der Waals surface area contributed by atoms with Crippen molar-refractivity contribution in [2.45, 2.75) is 49.5 Å². The molecule has 2 atom stereocenters. The van der Waals surface area contributed by atoms with Crippen molar-refractivity contribution >= 4 is 29.0 Å². The Hall–Kier alpha value is -1.58. The second-order valence-electron chi connectivity index (χ2n) is 6.61. The number of H-pyrrole nitrogens is 1. The molecule has 26 heavy (non-hydrogen) atoms. The van der Waals surface area contributed by atoms with Gasteiger partial charge < -0.3 is 9.64 Å². The van der Waals surface area contributed by atoms with Crippen LogP contribution in [0.1, 0.15) is 36.6 Å². The third-order valence-electron chi connectivity index (χ3n) is 4.90. The SMILES string of the molecule is O=C(CSc1n[nH]c(=O)n1CC1CCCO1)N1CCCC1c1cccs1. The van der Waals surface area contributed by atoms with Gasteiger partial charge in [0.2, 0.25) is 5.91 Å². The topological polar surface area (TPSA) is 80.2 Å². The number of carbonyl (C=O) groups is 1. The molecule has 2 saturated heterocycles. The molecule has 2 aromatic heterocycles. The maximum Gasteiger partial charge on any atom is 0.344 e. The largest absolute Gasteiger partial charge is 0.376 e. The van der Waals surface area contributed by atoms with Crippen LogP contribution < -0.4 is 5.69 Å². The van der Waals surface area contributed by atoms with E-state index in [0.717, 1.165) is 38.8 Å². The molecule has 2 unspecified atom stereocenters. The number of thiophene rings is 1. The Bertz CT molecular complexity index is 795. The number of thioether (sulfide) groups is 1. The monoisotopic (exact) mass is 394 g/mol. The van der Waals surface area contributed by atoms with Crippen molar-refractivity contribution in [3.63, 3.8) is 0 Å². The number of amides is 1. The van der Waals surface area contributed by atoms with Gasteiger partial charge in [0.15, 0.2) is 5.16 Å². The summed E-state index contributed by atoms with van der Waals surface area (Å²) < 4.78 is 7.21. The van der Waals surface area contributed by atoms with E-state index in [-0.39, 0.29) is 29.5 Å². The molecule has 2 aliphatic rings. The van der Waals surface area contributed by atoms with Crippen molar-refractivity contribution < 1.29 is 9.53 Å². The van der Waals surface area contributed by atoms with Crippen LogP contribution in [0.4, 0.5) is 0 Å². The Morgan fingerprint density at radius 3 is 3.12 bits per heavy atom. The summed E-state index contributed by atoms with van der Waals surface area (Å²) in [5.74, 6) is 0.391. The first-order chi connectivity index (χ1) is 12.7. The molecule has 0 aliphatic carbocycles. The third-order valence-corrected chi connectivity index (χ3v) is 6.84. The van der Waals surface area contributed by atoms with E-state index in [9.17, 15) is 9.59 Å². The van der Waals surface area contributed by atoms with E-state index in [0.29, 0.717) is 11.7 Å². The molecular weight excluding hydrogens is 372 g/mol. The highest BCUT2D eigenvalue weighted by Crippen LogP contribution is 2.35. The smallest absolute Gasteiger partial charge is 0.344 e. The van der Waals surface area contributed by atoms with Crippen molar-refractivity contribution in [2.75, 3.05) is 18.9 Å². The van der Waals surface area contributed by atoms with Gasteiger partial charge in [-0.05, 0) is 37.1 Å². The van der Waals surface area contributed by atoms with Gasteiger partial charge in [0.05, 0.1) is 24.4 Å². The molecule has 1 N–H and O–H groups in total. The lowest BCUT2D eigenvalue weighted by molar-refractivity contribution is -0.129. The zero-order chi connectivity index (χ0) is 17.9. The lowest BCUT2D eigenvalue weighted by Gasteiger charge is -2.23. The summed E-state index contributed by atoms with van der Waals surface area (Å²) in [6.45, 7) is 2.04. The van der Waals surface area contributed by atoms with Crippen molar-refractivity contribution in [2.24, 2.45) is 0 Å². The normalized spacial score (nSPS) is 23.0. The standard InChI is InChI=1S/C17H22N4O3S2/c22-15(20-7-1-5-13(20)14-6-3-9-25-14)11-26-17-19-18-16(23)21(17)10-12-4-2-8-24-12/h3,6,9,12-13H,1-2,4-5,7-8,10-11H2,(H,18,23). The lowest BCUT2D eigenvalue weighted by Crippen LogP contribution is -2.32. The highest BCUT2D eigenvalue weighted by atomic mass is 32.2. The second kappa shape index (κ2) is 7.98. The van der Waals surface area contributed by atoms with Crippen LogP contribution in [0.25, 0.3) is 0 Å². The molecule has 0 saturated carbocycles. The van der Waals surface area contributed by atoms with E-state index in [4.69, 9.17) is 4.74 Å². The van der Waals surface area contributed by atoms with E-state index < -0.39 is 0 Å². The van der Waals surface area contributed by atoms with Gasteiger partial charge in [-0.2, -0.15) is 0 Å². The number of nitrogens with zero attached hydrogens (tertiary/aromatic N) is 3. The Kier molecular flexibility index (Phi) is 5.46. The first kappa shape index (κ1) is 17.8. The van der Waals surface area contributed by atoms with Crippen LogP contribution in [0, 0.1) is 0 Å². The molecule has 0 aromatic carbocycles. The van der Waals surface area contributed by atoms with Crippen LogP contribution in [0.15, 0.2) is 27.5 Å². The predicted octanol–water partition coefficient (Wildman–Crippen LogP) is 2.27. The number of carbonyl (C=O) groups excluding carboxylic acids is 1. The van der Waals surface area contributed by atoms with Crippen LogP contribution in [0.5, 0.6) is 0 Å². The molecule has 0 radical (unpaired) electrons. The maximum absolute atomic E-state index is 12.7. The average Bonchev–Trinajstić information content (AvgIpc) is 3.43. The molecule has 0 spiro atoms. The summed E-state index contributed by atoms with van der Waals surface area (Å²) in [5, 5.41) is 9.20. The van der Waals surface area contributed by atoms with Gasteiger partial charge in [0.25, 0.3) is 0 Å². The van der Waals surface area contributed by atoms with Gasteiger partial charge in [-0.1, -0.05) is 17.8 Å². The van der Waals surface area contributed by atoms with Crippen molar-refractivity contribution in [1.29, 1.82) is 0 Å². The van der Waals surface area contributed by atoms with Gasteiger partial charge in [-0.3, -0.25) is 9.36 Å². The Morgan fingerprint density at radius 1 is 1.42 bits per heavy atom. The summed E-state index contributed by atoms with van der Waals surface area (Å²) in [4.78, 5) is 28.0. The van der Waals surface area contributed by atoms with Crippen LogP contribution in [-0.2, 0) is 16.1 Å². The fraction of sp³-hybridized carbons (Fsp3) is 0.588. The Labute approximate surface area is 159 Å². The van der Waals surface area contributed by atoms with Crippen LogP contribution >= 0.6 is 23.1 Å². The van der Waals surface area contributed by atoms with Gasteiger partial charge in [-0.25, -0.2) is 9.89 Å². The molecule has 2 aliphatic heterocycles. The van der Waals surface area contributed by atoms with E-state index >= 15 is 0 Å². The molecule has 4 rings (SSSR count). The average molecular weight is 395 g/mol. The molecule has 4 heterocycles. The zero-order valence-corrected chi connectivity index (χ0v) is 16.1. The number of ether oxygens (including phenoxy) is 1. The highest BCUT2D eigenvalue weighted by Gasteiger charge is 2.30. The molecule has 7 nitrogen and oxygen atoms in total. The number of hydrogen-bond donors (Lipinski definition) is 1. The fourth-order valence-electron chi connectivity index (χ4n) is 3.62. The highest BCUT2D eigenvalue weighted by molar-refractivity contribution is 7.99. The van der Waals surface area contributed by atoms with Crippen molar-refractivity contribution in [3.8, 4) is 0 Å². The first-order valence-corrected chi connectivity index (χ1v) is 10.8. The number of aromatic amines is 1. The number of likely N-dealkylation sites (tertiary alicyclic amines) is 1. The van der Waals surface area contributed by atoms with Gasteiger partial charge >= 0.3 is 5.69 Å². The molecule has 1 amide bonds. The van der Waals surface area contributed by atoms with Crippen molar-refractivity contribution in [3.05, 3.63) is 32.9 Å². The summed E-state index contributed by atoms with van der Waals surface area (Å²) in [5.41, 5.74) is -0.243. The van der Waals surface area contributed by atoms with Crippen LogP contribution in [0.3, 0.4) is 0 Å². The summed E-state index contributed by atoms with van der Waals surface area (Å²) in [6, 6.07) is 4.32. The van der Waals surface area contributed by atoms with Gasteiger partial charge in [-0.15, -0.1) is 16.4 Å². The Balaban J connectivity index is 1.39. The molecule has 9 heteroatoms. The second-order valence-corrected chi connectivity index (χ2v) is 8.53. The number of aromatic nitrogens is 3. The maximum atomic E-state index is 12.7. The van der Waals surface area contributed by atoms with Crippen molar-refractivity contribution in [1.82, 2.24) is 19.7 Å². The molecule has 140 valence electrons. The minimum atomic E-state index is -0.243. The van der Waals surface area contributed by atoms with Crippen LogP contribution in [0.2, 0.25) is 0 Å². The van der Waals surface area contributed by atoms with E-state index in [1.54, 1.807) is 15.9 Å². The quantitative estimate of drug-likeness (QED) is 0.760. The zero-order valence-electron chi connectivity index (χ0n) is 14.4. The number of rotatable bonds is 6. The molecule has 2 aromatic rings. The first-order valence-electron chi connectivity index (χ1n) is 8.95. The number of hydrogen-bond acceptors (Lipinski definition) is 6. The van der Waals surface area contributed by atoms with E-state index in [1.807, 2.05) is 11.0 Å². The third kappa shape index (κ3) is 3.74. The summed E-state index contributed by atoms with van der Waals surface area (Å²) >= 11 is 3.02. The summed E-state index contributed by atoms with van der Waals surface area (Å²) in [6.07, 6.45) is 4.09. The lowest BCUT2D eigenvalue weighted by atomic mass is 10.2. The van der Waals surface area contributed by atoms with E-state index in [1.165, 1.54) is 16.6 Å². The van der Waals surface area contributed by atoms with E-state index in [2.05, 4.69) is 21.6 Å². The molecular formula is C17H22N4O3S2. The number of nitrogens with one attached hydrogen (secondary N) is 1. The molecule has 0 bridgehead atoms. The summed E-state index contributed by atoms with van der Waals surface area (Å²) in [7, 11) is 0. The van der Waals surface area contributed by atoms with Crippen LogP contribution in [-0.4, -0.2) is 50.6 Å².